The van der Waals surface area contributed by atoms with Gasteiger partial charge in [0.15, 0.2) is 0 Å². The topological polar surface area (TPSA) is 222 Å². The van der Waals surface area contributed by atoms with Crippen LogP contribution in [0, 0.1) is 5.41 Å². The molecule has 0 radical (unpaired) electrons. The van der Waals surface area contributed by atoms with Gasteiger partial charge in [0.2, 0.25) is 0 Å². The maximum absolute atomic E-state index is 12.4. The average molecular weight is 1020 g/mol. The van der Waals surface area contributed by atoms with E-state index in [9.17, 15) is 19.8 Å². The molecule has 0 heterocycles. The number of benzene rings is 2. The third-order valence-corrected chi connectivity index (χ3v) is 10.2. The fourth-order valence-corrected chi connectivity index (χ4v) is 6.18. The van der Waals surface area contributed by atoms with Crippen LogP contribution in [0.1, 0.15) is 36.8 Å². The van der Waals surface area contributed by atoms with Gasteiger partial charge >= 0.3 is 11.9 Å². The minimum Gasteiger partial charge on any atom is -0.481 e. The molecule has 2 aromatic carbocycles. The Balaban J connectivity index is 1.30. The van der Waals surface area contributed by atoms with Crippen LogP contribution in [-0.2, 0) is 98.6 Å². The SMILES string of the molecule is O=C(O)CCC(CCOCCOCCOCCOCCOCCOCCOCCOCc1ccccc1)(CCOCCOCCOCCOCCOCCOCCOCCOCc1ccccc1)C(=O)O. The van der Waals surface area contributed by atoms with E-state index in [1.165, 1.54) is 0 Å². The summed E-state index contributed by atoms with van der Waals surface area (Å²) >= 11 is 0. The van der Waals surface area contributed by atoms with Crippen molar-refractivity contribution in [2.45, 2.75) is 38.9 Å². The van der Waals surface area contributed by atoms with Gasteiger partial charge in [-0.05, 0) is 30.4 Å². The zero-order valence-corrected chi connectivity index (χ0v) is 42.0. The largest absolute Gasteiger partial charge is 0.481 e. The first-order chi connectivity index (χ1) is 35.0. The first-order valence-electron chi connectivity index (χ1n) is 24.8. The van der Waals surface area contributed by atoms with E-state index in [2.05, 4.69) is 0 Å². The molecular weight excluding hydrogens is 933 g/mol. The third kappa shape index (κ3) is 40.9. The Kier molecular flexibility index (Phi) is 44.0. The number of aliphatic carboxylic acids is 2. The molecule has 0 amide bonds. The summed E-state index contributed by atoms with van der Waals surface area (Å²) in [6.45, 7) is 13.5. The van der Waals surface area contributed by atoms with Crippen LogP contribution in [0.4, 0.5) is 0 Å². The van der Waals surface area contributed by atoms with Crippen LogP contribution in [0.25, 0.3) is 0 Å². The minimum absolute atomic E-state index is 0.0439. The van der Waals surface area contributed by atoms with Crippen molar-refractivity contribution in [2.75, 3.05) is 198 Å². The molecule has 0 saturated carbocycles. The second-order valence-electron chi connectivity index (χ2n) is 15.6. The second kappa shape index (κ2) is 49.0. The van der Waals surface area contributed by atoms with Crippen molar-refractivity contribution in [3.05, 3.63) is 71.8 Å². The molecule has 0 aliphatic rings. The smallest absolute Gasteiger partial charge is 0.309 e. The fourth-order valence-electron chi connectivity index (χ4n) is 6.18. The zero-order valence-electron chi connectivity index (χ0n) is 42.0. The van der Waals surface area contributed by atoms with Crippen molar-refractivity contribution in [3.8, 4) is 0 Å². The van der Waals surface area contributed by atoms with Gasteiger partial charge in [0.05, 0.1) is 204 Å². The van der Waals surface area contributed by atoms with Crippen LogP contribution in [0.3, 0.4) is 0 Å². The van der Waals surface area contributed by atoms with Crippen LogP contribution in [0.2, 0.25) is 0 Å². The van der Waals surface area contributed by atoms with Gasteiger partial charge < -0.3 is 86.0 Å². The molecule has 0 bridgehead atoms. The maximum Gasteiger partial charge on any atom is 0.309 e. The molecule has 0 saturated heterocycles. The van der Waals surface area contributed by atoms with E-state index < -0.39 is 17.4 Å². The van der Waals surface area contributed by atoms with Gasteiger partial charge in [0, 0.05) is 19.6 Å². The van der Waals surface area contributed by atoms with Gasteiger partial charge in [-0.2, -0.15) is 0 Å². The predicted octanol–water partition coefficient (Wildman–Crippen LogP) is 4.37. The summed E-state index contributed by atoms with van der Waals surface area (Å²) in [5, 5.41) is 19.4. The first-order valence-corrected chi connectivity index (χ1v) is 24.8. The molecule has 0 aliphatic carbocycles. The number of carboxylic acid groups (broad SMARTS) is 2. The van der Waals surface area contributed by atoms with E-state index in [1.54, 1.807) is 0 Å². The predicted molar refractivity (Wildman–Crippen MR) is 260 cm³/mol. The lowest BCUT2D eigenvalue weighted by Gasteiger charge is -2.29. The summed E-state index contributed by atoms with van der Waals surface area (Å²) < 4.78 is 88.6. The molecule has 0 atom stereocenters. The van der Waals surface area contributed by atoms with Gasteiger partial charge in [-0.15, -0.1) is 0 Å². The third-order valence-electron chi connectivity index (χ3n) is 10.2. The van der Waals surface area contributed by atoms with Crippen molar-refractivity contribution in [3.63, 3.8) is 0 Å². The molecule has 0 fully saturated rings. The Morgan fingerprint density at radius 1 is 0.296 bits per heavy atom. The van der Waals surface area contributed by atoms with Crippen LogP contribution in [-0.4, -0.2) is 220 Å². The standard InChI is InChI=1S/C51H84O20/c52-49(53)11-12-51(50(54)55,13-15-56-17-19-58-21-23-60-25-27-62-29-31-64-33-35-66-37-39-68-41-43-70-45-47-7-3-1-4-8-47)14-16-57-18-20-59-22-24-61-26-28-63-30-32-65-34-36-67-38-40-69-42-44-71-46-48-9-5-2-6-10-48/h1-10H,11-46H2,(H,52,53)(H,54,55). The Morgan fingerprint density at radius 2 is 0.507 bits per heavy atom. The summed E-state index contributed by atoms with van der Waals surface area (Å²) in [5.74, 6) is -2.15. The van der Waals surface area contributed by atoms with Crippen LogP contribution in [0.5, 0.6) is 0 Å². The number of carbonyl (C=O) groups is 2. The zero-order chi connectivity index (χ0) is 50.7. The van der Waals surface area contributed by atoms with Crippen molar-refractivity contribution in [1.82, 2.24) is 0 Å². The van der Waals surface area contributed by atoms with Gasteiger partial charge in [-0.25, -0.2) is 0 Å². The van der Waals surface area contributed by atoms with Crippen LogP contribution in [0.15, 0.2) is 60.7 Å². The molecule has 2 rings (SSSR count). The van der Waals surface area contributed by atoms with Gasteiger partial charge in [-0.3, -0.25) is 9.59 Å². The van der Waals surface area contributed by atoms with E-state index in [0.717, 1.165) is 11.1 Å². The lowest BCUT2D eigenvalue weighted by atomic mass is 9.77. The van der Waals surface area contributed by atoms with Crippen molar-refractivity contribution < 1.29 is 95.6 Å². The maximum atomic E-state index is 12.4. The lowest BCUT2D eigenvalue weighted by molar-refractivity contribution is -0.153. The summed E-state index contributed by atoms with van der Waals surface area (Å²) in [4.78, 5) is 23.7. The average Bonchev–Trinajstić information content (AvgIpc) is 3.38. The van der Waals surface area contributed by atoms with E-state index in [4.69, 9.17) is 75.8 Å². The van der Waals surface area contributed by atoms with Gasteiger partial charge in [0.25, 0.3) is 0 Å². The van der Waals surface area contributed by atoms with Crippen LogP contribution < -0.4 is 0 Å². The van der Waals surface area contributed by atoms with Crippen molar-refractivity contribution in [2.24, 2.45) is 5.41 Å². The molecule has 408 valence electrons. The number of hydrogen-bond acceptors (Lipinski definition) is 18. The van der Waals surface area contributed by atoms with E-state index in [-0.39, 0.29) is 52.1 Å². The summed E-state index contributed by atoms with van der Waals surface area (Å²) in [6, 6.07) is 20.0. The molecular formula is C51H84O20. The molecule has 0 spiro atoms. The molecule has 0 aliphatic heterocycles. The van der Waals surface area contributed by atoms with Gasteiger partial charge in [-0.1, -0.05) is 60.7 Å². The molecule has 2 N–H and O–H groups in total. The molecule has 0 unspecified atom stereocenters. The normalized spacial score (nSPS) is 11.7. The summed E-state index contributed by atoms with van der Waals surface area (Å²) in [5.41, 5.74) is 0.968. The van der Waals surface area contributed by atoms with E-state index in [0.29, 0.717) is 185 Å². The Bertz CT molecular complexity index is 1360. The van der Waals surface area contributed by atoms with Crippen molar-refractivity contribution >= 4 is 11.9 Å². The van der Waals surface area contributed by atoms with E-state index in [1.807, 2.05) is 60.7 Å². The lowest BCUT2D eigenvalue weighted by Crippen LogP contribution is -2.35. The highest BCUT2D eigenvalue weighted by atomic mass is 16.6. The summed E-state index contributed by atoms with van der Waals surface area (Å²) in [7, 11) is 0. The molecule has 20 heteroatoms. The first kappa shape index (κ1) is 63.9. The van der Waals surface area contributed by atoms with E-state index >= 15 is 0 Å². The molecule has 0 aromatic heterocycles. The highest BCUT2D eigenvalue weighted by Gasteiger charge is 2.38. The highest BCUT2D eigenvalue weighted by Crippen LogP contribution is 2.33. The Morgan fingerprint density at radius 3 is 0.718 bits per heavy atom. The fraction of sp³-hybridized carbons (Fsp3) is 0.725. The number of hydrogen-bond donors (Lipinski definition) is 2. The highest BCUT2D eigenvalue weighted by molar-refractivity contribution is 5.76. The number of carboxylic acids is 2. The molecule has 71 heavy (non-hydrogen) atoms. The Hall–Kier alpha value is -3.26. The second-order valence-corrected chi connectivity index (χ2v) is 15.6. The minimum atomic E-state index is -1.31. The Labute approximate surface area is 420 Å². The number of ether oxygens (including phenoxy) is 16. The van der Waals surface area contributed by atoms with Crippen molar-refractivity contribution in [1.29, 1.82) is 0 Å². The molecule has 20 nitrogen and oxygen atoms in total. The van der Waals surface area contributed by atoms with Crippen LogP contribution >= 0.6 is 0 Å². The quantitative estimate of drug-likeness (QED) is 0.0879. The number of rotatable bonds is 56. The van der Waals surface area contributed by atoms with Gasteiger partial charge in [0.1, 0.15) is 0 Å². The molecule has 2 aromatic rings. The summed E-state index contributed by atoms with van der Waals surface area (Å²) in [6.07, 6.45) is -0.0610. The monoisotopic (exact) mass is 1020 g/mol.